The summed E-state index contributed by atoms with van der Waals surface area (Å²) in [5.41, 5.74) is 0.562. The Labute approximate surface area is 138 Å². The topological polar surface area (TPSA) is 50.3 Å². The minimum absolute atomic E-state index is 0.0190. The van der Waals surface area contributed by atoms with E-state index in [-0.39, 0.29) is 12.3 Å². The van der Waals surface area contributed by atoms with Crippen LogP contribution in [0, 0.1) is 5.95 Å². The van der Waals surface area contributed by atoms with Crippen LogP contribution in [0.4, 0.5) is 9.39 Å². The number of nitrogens with zero attached hydrogens (tertiary/aromatic N) is 2. The van der Waals surface area contributed by atoms with Crippen LogP contribution in [0.3, 0.4) is 0 Å². The Morgan fingerprint density at radius 3 is 2.70 bits per heavy atom. The Bertz CT molecular complexity index is 905. The molecule has 7 heteroatoms. The number of halogens is 1. The van der Waals surface area contributed by atoms with Crippen LogP contribution >= 0.6 is 11.3 Å². The van der Waals surface area contributed by atoms with Crippen molar-refractivity contribution in [2.24, 2.45) is 0 Å². The van der Waals surface area contributed by atoms with Gasteiger partial charge in [-0.25, -0.2) is 13.4 Å². The smallest absolute Gasteiger partial charge is 0.235 e. The molecule has 120 valence electrons. The van der Waals surface area contributed by atoms with E-state index in [1.165, 1.54) is 27.9 Å². The summed E-state index contributed by atoms with van der Waals surface area (Å²) in [6, 6.07) is 12.4. The molecule has 0 fully saturated rings. The molecule has 0 bridgehead atoms. The van der Waals surface area contributed by atoms with Crippen LogP contribution in [-0.2, 0) is 16.6 Å². The summed E-state index contributed by atoms with van der Waals surface area (Å²) in [5, 5.41) is 1.62. The van der Waals surface area contributed by atoms with Gasteiger partial charge in [-0.2, -0.15) is 4.39 Å². The lowest BCUT2D eigenvalue weighted by Gasteiger charge is -2.22. The molecular formula is C16H15FN2O2S2. The number of aromatic nitrogens is 1. The predicted octanol–water partition coefficient (Wildman–Crippen LogP) is 3.79. The van der Waals surface area contributed by atoms with Gasteiger partial charge < -0.3 is 0 Å². The second-order valence-electron chi connectivity index (χ2n) is 5.02. The largest absolute Gasteiger partial charge is 0.257 e. The summed E-state index contributed by atoms with van der Waals surface area (Å²) in [4.78, 5) is 3.50. The maximum Gasteiger partial charge on any atom is 0.235 e. The third-order valence-electron chi connectivity index (χ3n) is 3.48. The first-order valence-corrected chi connectivity index (χ1v) is 9.51. The number of benzene rings is 1. The van der Waals surface area contributed by atoms with Gasteiger partial charge in [-0.05, 0) is 42.1 Å². The number of rotatable bonds is 5. The van der Waals surface area contributed by atoms with Gasteiger partial charge in [0.1, 0.15) is 5.00 Å². The highest BCUT2D eigenvalue weighted by Crippen LogP contribution is 2.34. The third kappa shape index (κ3) is 3.35. The molecule has 2 aromatic heterocycles. The molecule has 0 spiro atoms. The number of pyridine rings is 1. The molecule has 0 saturated heterocycles. The molecule has 0 aliphatic carbocycles. The van der Waals surface area contributed by atoms with E-state index in [2.05, 4.69) is 4.98 Å². The summed E-state index contributed by atoms with van der Waals surface area (Å²) in [7, 11) is -3.47. The average molecular weight is 350 g/mol. The van der Waals surface area contributed by atoms with E-state index in [1.54, 1.807) is 13.0 Å². The standard InChI is InChI=1S/C16H15FN2O2S2/c1-2-23(20,21)19(11-12-7-8-18-15(17)9-12)16-10-13-5-3-4-6-14(13)22-16/h3-10H,2,11H2,1H3. The number of hydrogen-bond acceptors (Lipinski definition) is 4. The molecule has 0 amide bonds. The number of thiophene rings is 1. The number of anilines is 1. The van der Waals surface area contributed by atoms with Crippen molar-refractivity contribution in [3.63, 3.8) is 0 Å². The van der Waals surface area contributed by atoms with Crippen molar-refractivity contribution < 1.29 is 12.8 Å². The molecule has 0 N–H and O–H groups in total. The van der Waals surface area contributed by atoms with E-state index < -0.39 is 16.0 Å². The average Bonchev–Trinajstić information content (AvgIpc) is 2.96. The van der Waals surface area contributed by atoms with Crippen LogP contribution in [0.15, 0.2) is 48.7 Å². The molecule has 0 radical (unpaired) electrons. The molecule has 4 nitrogen and oxygen atoms in total. The first-order chi connectivity index (χ1) is 11.0. The summed E-state index contributed by atoms with van der Waals surface area (Å²) in [5.74, 6) is -0.637. The normalized spacial score (nSPS) is 11.7. The van der Waals surface area contributed by atoms with E-state index in [4.69, 9.17) is 0 Å². The highest BCUT2D eigenvalue weighted by atomic mass is 32.2. The Morgan fingerprint density at radius 2 is 2.00 bits per heavy atom. The first kappa shape index (κ1) is 15.9. The zero-order chi connectivity index (χ0) is 16.4. The number of fused-ring (bicyclic) bond motifs is 1. The molecule has 0 saturated carbocycles. The highest BCUT2D eigenvalue weighted by Gasteiger charge is 2.23. The van der Waals surface area contributed by atoms with Crippen LogP contribution in [0.2, 0.25) is 0 Å². The fourth-order valence-corrected chi connectivity index (χ4v) is 4.67. The van der Waals surface area contributed by atoms with Crippen molar-refractivity contribution in [3.05, 3.63) is 60.2 Å². The van der Waals surface area contributed by atoms with Crippen molar-refractivity contribution in [1.29, 1.82) is 0 Å². The molecule has 2 heterocycles. The van der Waals surface area contributed by atoms with Gasteiger partial charge in [-0.1, -0.05) is 18.2 Å². The number of hydrogen-bond donors (Lipinski definition) is 0. The molecule has 0 aliphatic rings. The van der Waals surface area contributed by atoms with Crippen molar-refractivity contribution in [3.8, 4) is 0 Å². The SMILES string of the molecule is CCS(=O)(=O)N(Cc1ccnc(F)c1)c1cc2ccccc2s1. The molecule has 0 aliphatic heterocycles. The minimum atomic E-state index is -3.47. The monoisotopic (exact) mass is 350 g/mol. The van der Waals surface area contributed by atoms with Crippen LogP contribution < -0.4 is 4.31 Å². The van der Waals surface area contributed by atoms with Crippen LogP contribution in [0.5, 0.6) is 0 Å². The van der Waals surface area contributed by atoms with Gasteiger partial charge in [0.05, 0.1) is 12.3 Å². The molecule has 0 unspecified atom stereocenters. The summed E-state index contributed by atoms with van der Waals surface area (Å²) in [6.07, 6.45) is 1.34. The lowest BCUT2D eigenvalue weighted by Crippen LogP contribution is -2.31. The Morgan fingerprint density at radius 1 is 1.22 bits per heavy atom. The van der Waals surface area contributed by atoms with Gasteiger partial charge in [0.2, 0.25) is 16.0 Å². The number of sulfonamides is 1. The van der Waals surface area contributed by atoms with E-state index in [1.807, 2.05) is 30.3 Å². The van der Waals surface area contributed by atoms with Crippen molar-refractivity contribution in [1.82, 2.24) is 4.98 Å². The van der Waals surface area contributed by atoms with E-state index in [9.17, 15) is 12.8 Å². The summed E-state index contributed by atoms with van der Waals surface area (Å²) in [6.45, 7) is 1.69. The van der Waals surface area contributed by atoms with Crippen molar-refractivity contribution in [2.45, 2.75) is 13.5 Å². The van der Waals surface area contributed by atoms with Gasteiger partial charge in [0, 0.05) is 10.9 Å². The zero-order valence-corrected chi connectivity index (χ0v) is 14.1. The molecule has 0 atom stereocenters. The lowest BCUT2D eigenvalue weighted by molar-refractivity contribution is 0.579. The Hall–Kier alpha value is -1.99. The van der Waals surface area contributed by atoms with Gasteiger partial charge >= 0.3 is 0 Å². The Kier molecular flexibility index (Phi) is 4.32. The van der Waals surface area contributed by atoms with Gasteiger partial charge in [-0.15, -0.1) is 11.3 Å². The maximum atomic E-state index is 13.3. The Balaban J connectivity index is 2.05. The van der Waals surface area contributed by atoms with E-state index in [0.29, 0.717) is 10.6 Å². The fourth-order valence-electron chi connectivity index (χ4n) is 2.27. The molecule has 1 aromatic carbocycles. The predicted molar refractivity (Wildman–Crippen MR) is 91.7 cm³/mol. The molecule has 3 aromatic rings. The van der Waals surface area contributed by atoms with Gasteiger partial charge in [0.15, 0.2) is 0 Å². The summed E-state index contributed by atoms with van der Waals surface area (Å²) < 4.78 is 40.6. The van der Waals surface area contributed by atoms with Crippen LogP contribution in [0.1, 0.15) is 12.5 Å². The third-order valence-corrected chi connectivity index (χ3v) is 6.46. The van der Waals surface area contributed by atoms with Crippen molar-refractivity contribution >= 4 is 36.4 Å². The molecule has 3 rings (SSSR count). The van der Waals surface area contributed by atoms with E-state index >= 15 is 0 Å². The van der Waals surface area contributed by atoms with Crippen molar-refractivity contribution in [2.75, 3.05) is 10.1 Å². The quantitative estimate of drug-likeness (QED) is 0.658. The van der Waals surface area contributed by atoms with Crippen LogP contribution in [-0.4, -0.2) is 19.2 Å². The second-order valence-corrected chi connectivity index (χ2v) is 8.26. The minimum Gasteiger partial charge on any atom is -0.257 e. The van der Waals surface area contributed by atoms with Crippen LogP contribution in [0.25, 0.3) is 10.1 Å². The zero-order valence-electron chi connectivity index (χ0n) is 12.4. The van der Waals surface area contributed by atoms with E-state index in [0.717, 1.165) is 10.1 Å². The first-order valence-electron chi connectivity index (χ1n) is 7.09. The van der Waals surface area contributed by atoms with Gasteiger partial charge in [-0.3, -0.25) is 4.31 Å². The molecule has 23 heavy (non-hydrogen) atoms. The second kappa shape index (κ2) is 6.25. The van der Waals surface area contributed by atoms with Gasteiger partial charge in [0.25, 0.3) is 0 Å². The highest BCUT2D eigenvalue weighted by molar-refractivity contribution is 7.92. The maximum absolute atomic E-state index is 13.3. The fraction of sp³-hybridized carbons (Fsp3) is 0.188. The lowest BCUT2D eigenvalue weighted by atomic mass is 10.2. The molecular weight excluding hydrogens is 335 g/mol. The summed E-state index contributed by atoms with van der Waals surface area (Å²) >= 11 is 1.41.